The van der Waals surface area contributed by atoms with Crippen LogP contribution < -0.4 is 46.3 Å². The third-order valence-electron chi connectivity index (χ3n) is 7.65. The van der Waals surface area contributed by atoms with E-state index in [0.717, 1.165) is 17.4 Å². The molecule has 6 aromatic rings. The molecule has 0 unspecified atom stereocenters. The van der Waals surface area contributed by atoms with Crippen molar-refractivity contribution in [3.05, 3.63) is 109 Å². The van der Waals surface area contributed by atoms with Crippen molar-refractivity contribution >= 4 is 87.9 Å². The van der Waals surface area contributed by atoms with Gasteiger partial charge in [-0.15, -0.1) is 10.2 Å². The molecule has 0 saturated heterocycles. The Labute approximate surface area is 333 Å². The number of carbonyl (C=O) groups is 2. The summed E-state index contributed by atoms with van der Waals surface area (Å²) in [5, 5.41) is 50.6. The molecule has 55 heavy (non-hydrogen) atoms. The number of hydrogen-bond acceptors (Lipinski definition) is 13. The molecule has 18 nitrogen and oxygen atoms in total. The molecule has 6 aromatic carbocycles. The van der Waals surface area contributed by atoms with Crippen molar-refractivity contribution in [1.29, 1.82) is 0 Å². The number of anilines is 1. The minimum Gasteiger partial charge on any atom is -0.505 e. The number of phenols is 2. The molecule has 0 saturated carbocycles. The number of primary amides is 1. The first-order valence-electron chi connectivity index (χ1n) is 15.0. The van der Waals surface area contributed by atoms with Gasteiger partial charge >= 0.3 is 41.6 Å². The van der Waals surface area contributed by atoms with Gasteiger partial charge in [0.15, 0.2) is 11.5 Å². The second-order valence-electron chi connectivity index (χ2n) is 11.2. The third-order valence-corrected chi connectivity index (χ3v) is 9.38. The Hall–Kier alpha value is -5.68. The maximum absolute atomic E-state index is 13.0. The molecule has 0 spiro atoms. The molecule has 11 N–H and O–H groups in total. The van der Waals surface area contributed by atoms with Crippen LogP contribution in [0.4, 0.5) is 38.9 Å². The first-order valence-corrected chi connectivity index (χ1v) is 17.9. The summed E-state index contributed by atoms with van der Waals surface area (Å²) in [5.74, 6) is -2.40. The number of amides is 2. The molecule has 21 heteroatoms. The van der Waals surface area contributed by atoms with Crippen LogP contribution in [-0.2, 0) is 20.2 Å². The number of nitrogens with zero attached hydrogens (tertiary/aromatic N) is 4. The van der Waals surface area contributed by atoms with Crippen LogP contribution in [0, 0.1) is 0 Å². The number of carboxylic acids is 1. The molecule has 0 heterocycles. The van der Waals surface area contributed by atoms with E-state index in [1.165, 1.54) is 60.7 Å². The Kier molecular flexibility index (Phi) is 12.8. The average Bonchev–Trinajstić information content (AvgIpc) is 3.10. The summed E-state index contributed by atoms with van der Waals surface area (Å²) >= 11 is 0. The van der Waals surface area contributed by atoms with Gasteiger partial charge in [0.05, 0.1) is 16.9 Å². The van der Waals surface area contributed by atoms with E-state index in [1.807, 2.05) is 0 Å². The number of carbonyl (C=O) groups excluding carboxylic acids is 1. The van der Waals surface area contributed by atoms with Crippen molar-refractivity contribution in [2.45, 2.75) is 9.79 Å². The van der Waals surface area contributed by atoms with Crippen molar-refractivity contribution in [1.82, 2.24) is 6.15 Å². The number of benzene rings is 6. The molecule has 0 atom stereocenters. The van der Waals surface area contributed by atoms with E-state index in [2.05, 4.69) is 25.8 Å². The van der Waals surface area contributed by atoms with Gasteiger partial charge in [-0.3, -0.25) is 14.4 Å². The van der Waals surface area contributed by atoms with Gasteiger partial charge in [0.1, 0.15) is 26.9 Å². The largest absolute Gasteiger partial charge is 1.00 e. The van der Waals surface area contributed by atoms with Crippen LogP contribution in [0.25, 0.3) is 21.5 Å². The zero-order valence-corrected chi connectivity index (χ0v) is 32.0. The fraction of sp³-hybridized carbons (Fsp3) is 0. The number of hydrogen-bond donors (Lipinski definition) is 8. The molecule has 0 aromatic heterocycles. The van der Waals surface area contributed by atoms with E-state index in [1.54, 1.807) is 30.3 Å². The molecule has 0 bridgehead atoms. The molecule has 276 valence electrons. The van der Waals surface area contributed by atoms with Crippen molar-refractivity contribution in [3.8, 4) is 11.5 Å². The smallest absolute Gasteiger partial charge is 0.505 e. The number of nitrogens with two attached hydrogens (primary N) is 1. The van der Waals surface area contributed by atoms with Crippen LogP contribution >= 0.6 is 0 Å². The van der Waals surface area contributed by atoms with Crippen LogP contribution in [0.5, 0.6) is 11.5 Å². The van der Waals surface area contributed by atoms with E-state index in [4.69, 9.17) is 5.11 Å². The van der Waals surface area contributed by atoms with Gasteiger partial charge in [-0.25, -0.2) is 14.9 Å². The van der Waals surface area contributed by atoms with Gasteiger partial charge in [0, 0.05) is 28.6 Å². The minimum absolute atomic E-state index is 0. The molecule has 0 aliphatic carbocycles. The van der Waals surface area contributed by atoms with Crippen LogP contribution in [0.15, 0.2) is 133 Å². The number of aromatic hydroxyl groups is 2. The van der Waals surface area contributed by atoms with E-state index >= 15 is 0 Å². The fourth-order valence-corrected chi connectivity index (χ4v) is 6.50. The quantitative estimate of drug-likeness (QED) is 0.0445. The maximum Gasteiger partial charge on any atom is 1.00 e. The maximum atomic E-state index is 13.0. The van der Waals surface area contributed by atoms with Gasteiger partial charge in [-0.05, 0) is 83.6 Å². The van der Waals surface area contributed by atoms with Crippen molar-refractivity contribution in [3.63, 3.8) is 0 Å². The second kappa shape index (κ2) is 16.8. The Bertz CT molecular complexity index is 2750. The molecular weight excluding hydrogens is 770 g/mol. The summed E-state index contributed by atoms with van der Waals surface area (Å²) in [6.07, 6.45) is 0. The monoisotopic (exact) mass is 797 g/mol. The van der Waals surface area contributed by atoms with Gasteiger partial charge in [-0.2, -0.15) is 27.1 Å². The number of carboxylic acid groups (broad SMARTS) is 1. The van der Waals surface area contributed by atoms with Crippen molar-refractivity contribution < 1.29 is 85.7 Å². The molecule has 0 aliphatic rings. The summed E-state index contributed by atoms with van der Waals surface area (Å²) in [5.41, 5.74) is -0.204. The molecule has 0 fully saturated rings. The Morgan fingerprint density at radius 2 is 1.11 bits per heavy atom. The summed E-state index contributed by atoms with van der Waals surface area (Å²) < 4.78 is 68.8. The van der Waals surface area contributed by atoms with Gasteiger partial charge in [0.2, 0.25) is 0 Å². The minimum atomic E-state index is -4.97. The number of azo groups is 2. The van der Waals surface area contributed by atoms with E-state index < -0.39 is 64.9 Å². The fourth-order valence-electron chi connectivity index (χ4n) is 5.19. The Balaban J connectivity index is 0.00000336. The van der Waals surface area contributed by atoms with Gasteiger partial charge in [-0.1, -0.05) is 18.2 Å². The third kappa shape index (κ3) is 9.53. The van der Waals surface area contributed by atoms with E-state index in [-0.39, 0.29) is 79.9 Å². The number of nitrogens with one attached hydrogen (secondary N) is 1. The molecule has 0 aliphatic heterocycles. The van der Waals surface area contributed by atoms with Crippen LogP contribution in [0.1, 0.15) is 10.4 Å². The summed E-state index contributed by atoms with van der Waals surface area (Å²) in [6.45, 7) is 0. The predicted octanol–water partition coefficient (Wildman–Crippen LogP) is 4.02. The zero-order chi connectivity index (χ0) is 38.1. The summed E-state index contributed by atoms with van der Waals surface area (Å²) in [6, 6.07) is 23.1. The van der Waals surface area contributed by atoms with Crippen LogP contribution in [0.3, 0.4) is 0 Å². The SMILES string of the molecule is N.O=C(Nc1ccc2c(O)c(N=Nc3ccc(C(=O)O)cc3)c(S(=O)(=O)O)cc2c1)[NH2+]c1ccc2c(O)c(N=Nc3ccccc3)c(S(=O)(=O)O)cc2c1.[Na+]. The van der Waals surface area contributed by atoms with Gasteiger partial charge in [0.25, 0.3) is 20.2 Å². The average molecular weight is 798 g/mol. The molecular formula is C34H28N7NaO11S2+2. The Morgan fingerprint density at radius 3 is 1.62 bits per heavy atom. The van der Waals surface area contributed by atoms with Crippen molar-refractivity contribution in [2.24, 2.45) is 20.5 Å². The number of urea groups is 1. The number of rotatable bonds is 9. The summed E-state index contributed by atoms with van der Waals surface area (Å²) in [4.78, 5) is 22.6. The zero-order valence-electron chi connectivity index (χ0n) is 28.4. The number of aromatic carboxylic acids is 1. The number of quaternary nitrogens is 1. The van der Waals surface area contributed by atoms with E-state index in [0.29, 0.717) is 5.69 Å². The van der Waals surface area contributed by atoms with Gasteiger partial charge < -0.3 is 21.5 Å². The molecule has 0 radical (unpaired) electrons. The van der Waals surface area contributed by atoms with E-state index in [9.17, 15) is 45.7 Å². The van der Waals surface area contributed by atoms with Crippen molar-refractivity contribution in [2.75, 3.05) is 5.32 Å². The number of fused-ring (bicyclic) bond motifs is 2. The number of phenolic OH excluding ortho intramolecular Hbond substituents is 2. The van der Waals surface area contributed by atoms with Crippen LogP contribution in [0.2, 0.25) is 0 Å². The first-order chi connectivity index (χ1) is 25.1. The predicted molar refractivity (Wildman–Crippen MR) is 195 cm³/mol. The summed E-state index contributed by atoms with van der Waals surface area (Å²) in [7, 11) is -9.85. The second-order valence-corrected chi connectivity index (χ2v) is 14.0. The normalized spacial score (nSPS) is 11.7. The molecule has 2 amide bonds. The first kappa shape index (κ1) is 42.1. The topological polar surface area (TPSA) is 317 Å². The van der Waals surface area contributed by atoms with Crippen LogP contribution in [-0.4, -0.2) is 53.3 Å². The molecule has 6 rings (SSSR count). The standard InChI is InChI=1S/C34H24N6O11S2.H3N.Na/c41-31-25-12-10-23(14-19(25)16-27(52(46,47)48)29(31)39-37-21-4-2-1-3-5-21)35-34(45)36-24-11-13-26-20(15-24)17-28(53(49,50)51)30(32(26)42)40-38-22-8-6-18(7-9-22)33(43)44;;/h1-17,41-42H,(H,43,44)(H2,35,36,45)(H,46,47,48)(H,49,50,51);1H3;/q;;+1/p+1. The Morgan fingerprint density at radius 1 is 0.618 bits per heavy atom.